The zero-order valence-corrected chi connectivity index (χ0v) is 15.2. The van der Waals surface area contributed by atoms with Crippen LogP contribution in [-0.4, -0.2) is 37.6 Å². The summed E-state index contributed by atoms with van der Waals surface area (Å²) in [6, 6.07) is 10.8. The van der Waals surface area contributed by atoms with E-state index in [1.54, 1.807) is 24.3 Å². The molecular weight excluding hydrogens is 368 g/mol. The van der Waals surface area contributed by atoms with Gasteiger partial charge in [0.25, 0.3) is 11.6 Å². The van der Waals surface area contributed by atoms with Gasteiger partial charge in [0.1, 0.15) is 11.5 Å². The number of rotatable bonds is 8. The van der Waals surface area contributed by atoms with Gasteiger partial charge in [-0.25, -0.2) is 4.79 Å². The molecule has 146 valence electrons. The molecule has 0 atom stereocenters. The molecule has 2 aromatic rings. The first-order valence-corrected chi connectivity index (χ1v) is 8.04. The highest BCUT2D eigenvalue weighted by atomic mass is 16.6. The Morgan fingerprint density at radius 2 is 1.93 bits per heavy atom. The number of carbonyl (C=O) groups is 2. The van der Waals surface area contributed by atoms with Crippen LogP contribution in [0.5, 0.6) is 11.5 Å². The minimum absolute atomic E-state index is 0.117. The molecule has 0 aliphatic carbocycles. The van der Waals surface area contributed by atoms with Crippen LogP contribution in [0.15, 0.2) is 48.5 Å². The third kappa shape index (κ3) is 5.84. The summed E-state index contributed by atoms with van der Waals surface area (Å²) in [7, 11) is 2.85. The van der Waals surface area contributed by atoms with E-state index in [1.165, 1.54) is 44.6 Å². The van der Waals surface area contributed by atoms with Gasteiger partial charge in [0, 0.05) is 12.1 Å². The molecule has 2 aromatic carbocycles. The largest absolute Gasteiger partial charge is 0.497 e. The second-order valence-corrected chi connectivity index (χ2v) is 5.41. The van der Waals surface area contributed by atoms with Crippen molar-refractivity contribution in [1.82, 2.24) is 0 Å². The fraction of sp³-hybridized carbons (Fsp3) is 0.158. The molecule has 1 amide bonds. The molecule has 0 unspecified atom stereocenters. The molecule has 0 bridgehead atoms. The molecule has 28 heavy (non-hydrogen) atoms. The van der Waals surface area contributed by atoms with Crippen molar-refractivity contribution in [2.45, 2.75) is 0 Å². The van der Waals surface area contributed by atoms with E-state index in [0.29, 0.717) is 5.75 Å². The van der Waals surface area contributed by atoms with Gasteiger partial charge in [-0.1, -0.05) is 12.1 Å². The van der Waals surface area contributed by atoms with Gasteiger partial charge in [0.15, 0.2) is 6.61 Å². The highest BCUT2D eigenvalue weighted by molar-refractivity contribution is 5.95. The van der Waals surface area contributed by atoms with Gasteiger partial charge in [0.2, 0.25) is 0 Å². The van der Waals surface area contributed by atoms with E-state index in [2.05, 4.69) is 5.32 Å². The number of nitrogens with one attached hydrogen (secondary N) is 1. The van der Waals surface area contributed by atoms with Gasteiger partial charge in [-0.3, -0.25) is 14.9 Å². The summed E-state index contributed by atoms with van der Waals surface area (Å²) >= 11 is 0. The van der Waals surface area contributed by atoms with E-state index in [-0.39, 0.29) is 17.1 Å². The first kappa shape index (κ1) is 20.4. The lowest BCUT2D eigenvalue weighted by Gasteiger charge is -2.09. The van der Waals surface area contributed by atoms with E-state index < -0.39 is 23.4 Å². The van der Waals surface area contributed by atoms with Crippen molar-refractivity contribution >= 4 is 29.3 Å². The van der Waals surface area contributed by atoms with Crippen molar-refractivity contribution in [3.63, 3.8) is 0 Å². The number of nitro groups is 1. The van der Waals surface area contributed by atoms with Crippen LogP contribution in [0, 0.1) is 10.1 Å². The average molecular weight is 386 g/mol. The standard InChI is InChI=1S/C19H18N2O7/c1-26-15-5-3-4-13(10-15)6-9-19(23)28-12-18(22)20-16-8-7-14(21(24)25)11-17(16)27-2/h3-11H,12H2,1-2H3,(H,20,22)/b9-6+. The first-order valence-electron chi connectivity index (χ1n) is 8.04. The Morgan fingerprint density at radius 3 is 2.61 bits per heavy atom. The van der Waals surface area contributed by atoms with Crippen molar-refractivity contribution in [3.8, 4) is 11.5 Å². The SMILES string of the molecule is COc1cccc(/C=C/C(=O)OCC(=O)Nc2ccc([N+](=O)[O-])cc2OC)c1. The predicted octanol–water partition coefficient (Wildman–Crippen LogP) is 2.81. The van der Waals surface area contributed by atoms with Crippen molar-refractivity contribution in [3.05, 3.63) is 64.2 Å². The third-order valence-corrected chi connectivity index (χ3v) is 3.52. The first-order chi connectivity index (χ1) is 13.4. The molecule has 0 aromatic heterocycles. The van der Waals surface area contributed by atoms with Crippen LogP contribution in [-0.2, 0) is 14.3 Å². The molecule has 9 nitrogen and oxygen atoms in total. The van der Waals surface area contributed by atoms with E-state index in [0.717, 1.165) is 5.56 Å². The monoisotopic (exact) mass is 386 g/mol. The lowest BCUT2D eigenvalue weighted by atomic mass is 10.2. The van der Waals surface area contributed by atoms with Crippen LogP contribution in [0.3, 0.4) is 0 Å². The van der Waals surface area contributed by atoms with Crippen LogP contribution in [0.1, 0.15) is 5.56 Å². The van der Waals surface area contributed by atoms with Gasteiger partial charge in [0.05, 0.1) is 30.9 Å². The third-order valence-electron chi connectivity index (χ3n) is 3.52. The highest BCUT2D eigenvalue weighted by Crippen LogP contribution is 2.28. The lowest BCUT2D eigenvalue weighted by Crippen LogP contribution is -2.20. The summed E-state index contributed by atoms with van der Waals surface area (Å²) in [5.41, 5.74) is 0.779. The molecule has 0 radical (unpaired) electrons. The molecule has 0 aliphatic rings. The summed E-state index contributed by atoms with van der Waals surface area (Å²) < 4.78 is 15.0. The van der Waals surface area contributed by atoms with Crippen LogP contribution in [0.25, 0.3) is 6.08 Å². The average Bonchev–Trinajstić information content (AvgIpc) is 2.71. The van der Waals surface area contributed by atoms with Gasteiger partial charge < -0.3 is 19.5 Å². The lowest BCUT2D eigenvalue weighted by molar-refractivity contribution is -0.384. The van der Waals surface area contributed by atoms with E-state index >= 15 is 0 Å². The zero-order chi connectivity index (χ0) is 20.5. The minimum Gasteiger partial charge on any atom is -0.497 e. The van der Waals surface area contributed by atoms with E-state index in [1.807, 2.05) is 0 Å². The molecule has 0 fully saturated rings. The number of anilines is 1. The van der Waals surface area contributed by atoms with Crippen LogP contribution < -0.4 is 14.8 Å². The maximum atomic E-state index is 11.9. The maximum absolute atomic E-state index is 11.9. The topological polar surface area (TPSA) is 117 Å². The van der Waals surface area contributed by atoms with Crippen molar-refractivity contribution in [1.29, 1.82) is 0 Å². The quantitative estimate of drug-likeness (QED) is 0.321. The van der Waals surface area contributed by atoms with Gasteiger partial charge in [-0.2, -0.15) is 0 Å². The molecular formula is C19H18N2O7. The fourth-order valence-electron chi connectivity index (χ4n) is 2.18. The second-order valence-electron chi connectivity index (χ2n) is 5.41. The van der Waals surface area contributed by atoms with Gasteiger partial charge >= 0.3 is 5.97 Å². The fourth-order valence-corrected chi connectivity index (χ4v) is 2.18. The van der Waals surface area contributed by atoms with Crippen molar-refractivity contribution in [2.75, 3.05) is 26.1 Å². The van der Waals surface area contributed by atoms with Gasteiger partial charge in [-0.15, -0.1) is 0 Å². The minimum atomic E-state index is -0.700. The van der Waals surface area contributed by atoms with Crippen molar-refractivity contribution in [2.24, 2.45) is 0 Å². The number of hydrogen-bond donors (Lipinski definition) is 1. The van der Waals surface area contributed by atoms with Crippen molar-refractivity contribution < 1.29 is 28.7 Å². The molecule has 0 spiro atoms. The molecule has 2 rings (SSSR count). The van der Waals surface area contributed by atoms with E-state index in [9.17, 15) is 19.7 Å². The summed E-state index contributed by atoms with van der Waals surface area (Å²) in [5.74, 6) is -0.553. The molecule has 9 heteroatoms. The molecule has 0 saturated carbocycles. The maximum Gasteiger partial charge on any atom is 0.331 e. The van der Waals surface area contributed by atoms with Crippen LogP contribution >= 0.6 is 0 Å². The van der Waals surface area contributed by atoms with Gasteiger partial charge in [-0.05, 0) is 29.8 Å². The number of amides is 1. The Morgan fingerprint density at radius 1 is 1.14 bits per heavy atom. The number of hydrogen-bond acceptors (Lipinski definition) is 7. The Balaban J connectivity index is 1.90. The molecule has 0 aliphatic heterocycles. The summed E-state index contributed by atoms with van der Waals surface area (Å²) in [4.78, 5) is 33.9. The molecule has 0 saturated heterocycles. The number of carbonyl (C=O) groups excluding carboxylic acids is 2. The summed E-state index contributed by atoms with van der Waals surface area (Å²) in [6.45, 7) is -0.526. The highest BCUT2D eigenvalue weighted by Gasteiger charge is 2.14. The Bertz CT molecular complexity index is 909. The summed E-state index contributed by atoms with van der Waals surface area (Å²) in [5, 5.41) is 13.2. The Kier molecular flexibility index (Phi) is 7.09. The van der Waals surface area contributed by atoms with E-state index in [4.69, 9.17) is 14.2 Å². The Labute approximate surface area is 160 Å². The van der Waals surface area contributed by atoms with Crippen LogP contribution in [0.2, 0.25) is 0 Å². The number of methoxy groups -OCH3 is 2. The number of nitrogens with zero attached hydrogens (tertiary/aromatic N) is 1. The summed E-state index contributed by atoms with van der Waals surface area (Å²) in [6.07, 6.45) is 2.72. The van der Waals surface area contributed by atoms with Crippen LogP contribution in [0.4, 0.5) is 11.4 Å². The second kappa shape index (κ2) is 9.72. The normalized spacial score (nSPS) is 10.4. The Hall–Kier alpha value is -3.88. The number of esters is 1. The molecule has 0 heterocycles. The molecule has 1 N–H and O–H groups in total. The zero-order valence-electron chi connectivity index (χ0n) is 15.2. The number of non-ortho nitro benzene ring substituents is 1. The number of benzene rings is 2. The number of nitro benzene ring substituents is 1. The number of ether oxygens (including phenoxy) is 3. The smallest absolute Gasteiger partial charge is 0.331 e. The predicted molar refractivity (Wildman–Crippen MR) is 101 cm³/mol.